The second kappa shape index (κ2) is 7.17. The van der Waals surface area contributed by atoms with E-state index in [0.29, 0.717) is 13.2 Å². The predicted octanol–water partition coefficient (Wildman–Crippen LogP) is 1.30. The molecule has 0 aromatic heterocycles. The lowest BCUT2D eigenvalue weighted by Crippen LogP contribution is -2.43. The highest BCUT2D eigenvalue weighted by Crippen LogP contribution is 2.13. The molecule has 2 amide bonds. The van der Waals surface area contributed by atoms with E-state index in [1.807, 2.05) is 0 Å². The minimum Gasteiger partial charge on any atom is -0.376 e. The van der Waals surface area contributed by atoms with Crippen LogP contribution in [-0.4, -0.2) is 31.1 Å². The van der Waals surface area contributed by atoms with Gasteiger partial charge in [0, 0.05) is 13.2 Å². The molecule has 1 saturated heterocycles. The third-order valence-corrected chi connectivity index (χ3v) is 3.44. The van der Waals surface area contributed by atoms with Gasteiger partial charge in [-0.3, -0.25) is 9.59 Å². The quantitative estimate of drug-likeness (QED) is 0.823. The molecule has 2 N–H and O–H groups in total. The number of hydrogen-bond acceptors (Lipinski definition) is 3. The van der Waals surface area contributed by atoms with Gasteiger partial charge in [-0.1, -0.05) is 12.1 Å². The highest BCUT2D eigenvalue weighted by molar-refractivity contribution is 6.35. The Kier molecular flexibility index (Phi) is 5.27. The molecule has 2 atom stereocenters. The normalized spacial score (nSPS) is 19.0. The zero-order valence-corrected chi connectivity index (χ0v) is 11.9. The van der Waals surface area contributed by atoms with Crippen LogP contribution in [0.3, 0.4) is 0 Å². The Morgan fingerprint density at radius 3 is 2.67 bits per heavy atom. The van der Waals surface area contributed by atoms with Crippen molar-refractivity contribution in [3.8, 4) is 0 Å². The van der Waals surface area contributed by atoms with Gasteiger partial charge in [-0.05, 0) is 37.5 Å². The Hall–Kier alpha value is -1.95. The number of nitrogens with one attached hydrogen (secondary N) is 2. The van der Waals surface area contributed by atoms with E-state index < -0.39 is 11.8 Å². The molecule has 6 heteroatoms. The van der Waals surface area contributed by atoms with Crippen molar-refractivity contribution in [1.29, 1.82) is 0 Å². The van der Waals surface area contributed by atoms with Crippen molar-refractivity contribution in [2.24, 2.45) is 0 Å². The highest BCUT2D eigenvalue weighted by atomic mass is 19.1. The summed E-state index contributed by atoms with van der Waals surface area (Å²) in [5, 5.41) is 5.13. The van der Waals surface area contributed by atoms with Crippen molar-refractivity contribution in [2.45, 2.75) is 31.9 Å². The molecular formula is C15H19FN2O3. The smallest absolute Gasteiger partial charge is 0.309 e. The molecular weight excluding hydrogens is 275 g/mol. The fraction of sp³-hybridized carbons (Fsp3) is 0.467. The number of carbonyl (C=O) groups excluding carboxylic acids is 2. The Morgan fingerprint density at radius 2 is 2.05 bits per heavy atom. The minimum absolute atomic E-state index is 0.00345. The van der Waals surface area contributed by atoms with Gasteiger partial charge in [-0.15, -0.1) is 0 Å². The fourth-order valence-corrected chi connectivity index (χ4v) is 2.19. The summed E-state index contributed by atoms with van der Waals surface area (Å²) in [6.45, 7) is 2.78. The number of benzene rings is 1. The molecule has 1 aliphatic rings. The number of carbonyl (C=O) groups is 2. The van der Waals surface area contributed by atoms with Crippen LogP contribution in [0.1, 0.15) is 31.4 Å². The molecule has 1 aromatic carbocycles. The summed E-state index contributed by atoms with van der Waals surface area (Å²) in [5.41, 5.74) is 0.733. The highest BCUT2D eigenvalue weighted by Gasteiger charge is 2.20. The Bertz CT molecular complexity index is 498. The number of hydrogen-bond donors (Lipinski definition) is 2. The first-order chi connectivity index (χ1) is 10.1. The van der Waals surface area contributed by atoms with E-state index in [9.17, 15) is 14.0 Å². The van der Waals surface area contributed by atoms with E-state index in [2.05, 4.69) is 10.6 Å². The van der Waals surface area contributed by atoms with Crippen LogP contribution in [0.2, 0.25) is 0 Å². The molecule has 1 aliphatic heterocycles. The van der Waals surface area contributed by atoms with Crippen molar-refractivity contribution in [3.05, 3.63) is 35.6 Å². The standard InChI is InChI=1S/C15H19FN2O3/c1-10(11-4-6-12(16)7-5-11)18-15(20)14(19)17-9-13-3-2-8-21-13/h4-7,10,13H,2-3,8-9H2,1H3,(H,17,19)(H,18,20). The lowest BCUT2D eigenvalue weighted by Gasteiger charge is -2.15. The van der Waals surface area contributed by atoms with E-state index in [1.165, 1.54) is 12.1 Å². The third-order valence-electron chi connectivity index (χ3n) is 3.44. The molecule has 0 radical (unpaired) electrons. The van der Waals surface area contributed by atoms with Gasteiger partial charge in [-0.2, -0.15) is 0 Å². The summed E-state index contributed by atoms with van der Waals surface area (Å²) in [4.78, 5) is 23.4. The SMILES string of the molecule is CC(NC(=O)C(=O)NCC1CCCO1)c1ccc(F)cc1. The van der Waals surface area contributed by atoms with Crippen molar-refractivity contribution in [3.63, 3.8) is 0 Å². The first-order valence-electron chi connectivity index (χ1n) is 7.02. The molecule has 2 rings (SSSR count). The lowest BCUT2D eigenvalue weighted by atomic mass is 10.1. The van der Waals surface area contributed by atoms with Crippen LogP contribution < -0.4 is 10.6 Å². The minimum atomic E-state index is -0.704. The average molecular weight is 294 g/mol. The number of amides is 2. The zero-order chi connectivity index (χ0) is 15.2. The fourth-order valence-electron chi connectivity index (χ4n) is 2.19. The molecule has 1 heterocycles. The molecule has 2 unspecified atom stereocenters. The van der Waals surface area contributed by atoms with E-state index in [0.717, 1.165) is 18.4 Å². The maximum Gasteiger partial charge on any atom is 0.309 e. The summed E-state index contributed by atoms with van der Waals surface area (Å²) < 4.78 is 18.2. The molecule has 0 aliphatic carbocycles. The van der Waals surface area contributed by atoms with Crippen LogP contribution in [0.15, 0.2) is 24.3 Å². The molecule has 114 valence electrons. The van der Waals surface area contributed by atoms with Crippen molar-refractivity contribution in [1.82, 2.24) is 10.6 Å². The Balaban J connectivity index is 1.79. The first kappa shape index (κ1) is 15.4. The van der Waals surface area contributed by atoms with Crippen LogP contribution in [0.5, 0.6) is 0 Å². The largest absolute Gasteiger partial charge is 0.376 e. The molecule has 21 heavy (non-hydrogen) atoms. The summed E-state index contributed by atoms with van der Waals surface area (Å²) in [7, 11) is 0. The van der Waals surface area contributed by atoms with Crippen LogP contribution in [0.4, 0.5) is 4.39 Å². The van der Waals surface area contributed by atoms with Gasteiger partial charge < -0.3 is 15.4 Å². The van der Waals surface area contributed by atoms with Crippen LogP contribution in [0.25, 0.3) is 0 Å². The Labute approximate surface area is 122 Å². The van der Waals surface area contributed by atoms with E-state index in [4.69, 9.17) is 4.74 Å². The van der Waals surface area contributed by atoms with Gasteiger partial charge in [0.25, 0.3) is 0 Å². The number of rotatable bonds is 4. The first-order valence-corrected chi connectivity index (χ1v) is 7.02. The van der Waals surface area contributed by atoms with E-state index in [-0.39, 0.29) is 18.0 Å². The molecule has 0 saturated carbocycles. The Morgan fingerprint density at radius 1 is 1.33 bits per heavy atom. The molecule has 0 bridgehead atoms. The van der Waals surface area contributed by atoms with E-state index in [1.54, 1.807) is 19.1 Å². The van der Waals surface area contributed by atoms with Gasteiger partial charge >= 0.3 is 11.8 Å². The van der Waals surface area contributed by atoms with Crippen molar-refractivity contribution in [2.75, 3.05) is 13.2 Å². The molecule has 1 fully saturated rings. The summed E-state index contributed by atoms with van der Waals surface area (Å²) >= 11 is 0. The zero-order valence-electron chi connectivity index (χ0n) is 11.9. The molecule has 5 nitrogen and oxygen atoms in total. The number of ether oxygens (including phenoxy) is 1. The summed E-state index contributed by atoms with van der Waals surface area (Å²) in [6, 6.07) is 5.41. The third kappa shape index (κ3) is 4.53. The maximum atomic E-state index is 12.8. The van der Waals surface area contributed by atoms with Gasteiger partial charge in [0.05, 0.1) is 12.1 Å². The molecule has 0 spiro atoms. The van der Waals surface area contributed by atoms with Gasteiger partial charge in [0.1, 0.15) is 5.82 Å². The van der Waals surface area contributed by atoms with Crippen LogP contribution in [0, 0.1) is 5.82 Å². The predicted molar refractivity (Wildman–Crippen MR) is 74.9 cm³/mol. The summed E-state index contributed by atoms with van der Waals surface area (Å²) in [5.74, 6) is -1.73. The van der Waals surface area contributed by atoms with E-state index >= 15 is 0 Å². The lowest BCUT2D eigenvalue weighted by molar-refractivity contribution is -0.139. The topological polar surface area (TPSA) is 67.4 Å². The average Bonchev–Trinajstić information content (AvgIpc) is 2.98. The maximum absolute atomic E-state index is 12.8. The second-order valence-corrected chi connectivity index (χ2v) is 5.09. The van der Waals surface area contributed by atoms with Gasteiger partial charge in [0.15, 0.2) is 0 Å². The second-order valence-electron chi connectivity index (χ2n) is 5.09. The molecule has 1 aromatic rings. The monoisotopic (exact) mass is 294 g/mol. The van der Waals surface area contributed by atoms with Crippen LogP contribution >= 0.6 is 0 Å². The van der Waals surface area contributed by atoms with Crippen molar-refractivity contribution >= 4 is 11.8 Å². The summed E-state index contributed by atoms with van der Waals surface area (Å²) in [6.07, 6.45) is 1.87. The van der Waals surface area contributed by atoms with Gasteiger partial charge in [-0.25, -0.2) is 4.39 Å². The van der Waals surface area contributed by atoms with Crippen LogP contribution in [-0.2, 0) is 14.3 Å². The van der Waals surface area contributed by atoms with Crippen molar-refractivity contribution < 1.29 is 18.7 Å². The van der Waals surface area contributed by atoms with Gasteiger partial charge in [0.2, 0.25) is 0 Å². The number of halogens is 1.